The quantitative estimate of drug-likeness (QED) is 0.730. The molecule has 0 aliphatic carbocycles. The minimum absolute atomic E-state index is 0.187. The van der Waals surface area contributed by atoms with Crippen molar-refractivity contribution in [1.29, 1.82) is 0 Å². The van der Waals surface area contributed by atoms with Crippen LogP contribution >= 0.6 is 22.6 Å². The lowest BCUT2D eigenvalue weighted by atomic mass is 10.1. The Labute approximate surface area is 97.4 Å². The predicted molar refractivity (Wildman–Crippen MR) is 64.4 cm³/mol. The van der Waals surface area contributed by atoms with Crippen LogP contribution in [0.25, 0.3) is 0 Å². The lowest BCUT2D eigenvalue weighted by Gasteiger charge is -2.31. The standard InChI is InChI=1S/C11H12INO/c1-8-3-4-9(12)7-10(8)11(14)13-5-2-6-13/h3-4,7H,2,5-6H2,1H3. The molecule has 1 aliphatic heterocycles. The summed E-state index contributed by atoms with van der Waals surface area (Å²) in [5, 5.41) is 0. The highest BCUT2D eigenvalue weighted by Gasteiger charge is 2.22. The van der Waals surface area contributed by atoms with E-state index in [1.165, 1.54) is 0 Å². The van der Waals surface area contributed by atoms with Gasteiger partial charge in [0.15, 0.2) is 0 Å². The average molecular weight is 301 g/mol. The highest BCUT2D eigenvalue weighted by molar-refractivity contribution is 14.1. The van der Waals surface area contributed by atoms with E-state index in [0.29, 0.717) is 0 Å². The number of hydrogen-bond donors (Lipinski definition) is 0. The number of likely N-dealkylation sites (tertiary alicyclic amines) is 1. The Hall–Kier alpha value is -0.580. The van der Waals surface area contributed by atoms with Gasteiger partial charge in [-0.2, -0.15) is 0 Å². The Morgan fingerprint density at radius 3 is 2.71 bits per heavy atom. The van der Waals surface area contributed by atoms with Gasteiger partial charge in [0.25, 0.3) is 5.91 Å². The smallest absolute Gasteiger partial charge is 0.254 e. The number of carbonyl (C=O) groups is 1. The summed E-state index contributed by atoms with van der Waals surface area (Å²) < 4.78 is 1.12. The van der Waals surface area contributed by atoms with Gasteiger partial charge in [-0.3, -0.25) is 4.79 Å². The number of halogens is 1. The van der Waals surface area contributed by atoms with Crippen molar-refractivity contribution in [1.82, 2.24) is 4.90 Å². The van der Waals surface area contributed by atoms with Crippen LogP contribution in [0, 0.1) is 10.5 Å². The van der Waals surface area contributed by atoms with Crippen LogP contribution in [0.5, 0.6) is 0 Å². The Balaban J connectivity index is 2.29. The van der Waals surface area contributed by atoms with Gasteiger partial charge in [-0.1, -0.05) is 6.07 Å². The van der Waals surface area contributed by atoms with Gasteiger partial charge in [0.1, 0.15) is 0 Å². The van der Waals surface area contributed by atoms with Crippen molar-refractivity contribution in [2.45, 2.75) is 13.3 Å². The molecule has 0 atom stereocenters. The van der Waals surface area contributed by atoms with Crippen LogP contribution < -0.4 is 0 Å². The van der Waals surface area contributed by atoms with Crippen molar-refractivity contribution >= 4 is 28.5 Å². The van der Waals surface area contributed by atoms with Gasteiger partial charge >= 0.3 is 0 Å². The Bertz CT molecular complexity index is 372. The number of rotatable bonds is 1. The van der Waals surface area contributed by atoms with Gasteiger partial charge in [-0.15, -0.1) is 0 Å². The maximum Gasteiger partial charge on any atom is 0.254 e. The van der Waals surface area contributed by atoms with Crippen LogP contribution in [0.3, 0.4) is 0 Å². The Kier molecular flexibility index (Phi) is 2.76. The zero-order valence-electron chi connectivity index (χ0n) is 8.09. The molecule has 0 saturated carbocycles. The van der Waals surface area contributed by atoms with Gasteiger partial charge in [0.05, 0.1) is 0 Å². The molecule has 1 aromatic rings. The summed E-state index contributed by atoms with van der Waals surface area (Å²) in [6.45, 7) is 3.83. The van der Waals surface area contributed by atoms with Gasteiger partial charge in [0, 0.05) is 22.2 Å². The largest absolute Gasteiger partial charge is 0.339 e. The normalized spacial score (nSPS) is 15.1. The Morgan fingerprint density at radius 1 is 1.43 bits per heavy atom. The molecule has 1 saturated heterocycles. The first-order valence-electron chi connectivity index (χ1n) is 4.74. The SMILES string of the molecule is Cc1ccc(I)cc1C(=O)N1CCC1. The van der Waals surface area contributed by atoms with Gasteiger partial charge in [-0.05, 0) is 53.6 Å². The van der Waals surface area contributed by atoms with E-state index in [1.54, 1.807) is 0 Å². The van der Waals surface area contributed by atoms with Gasteiger partial charge in [0.2, 0.25) is 0 Å². The van der Waals surface area contributed by atoms with E-state index in [0.717, 1.165) is 34.2 Å². The summed E-state index contributed by atoms with van der Waals surface area (Å²) >= 11 is 2.24. The van der Waals surface area contributed by atoms with E-state index in [9.17, 15) is 4.79 Å². The summed E-state index contributed by atoms with van der Waals surface area (Å²) in [7, 11) is 0. The summed E-state index contributed by atoms with van der Waals surface area (Å²) in [6.07, 6.45) is 1.15. The van der Waals surface area contributed by atoms with Crippen molar-refractivity contribution in [2.75, 3.05) is 13.1 Å². The molecule has 74 valence electrons. The number of benzene rings is 1. The molecule has 0 spiro atoms. The van der Waals surface area contributed by atoms with Crippen molar-refractivity contribution < 1.29 is 4.79 Å². The highest BCUT2D eigenvalue weighted by Crippen LogP contribution is 2.18. The topological polar surface area (TPSA) is 20.3 Å². The molecule has 0 aromatic heterocycles. The van der Waals surface area contributed by atoms with E-state index in [1.807, 2.05) is 30.0 Å². The van der Waals surface area contributed by atoms with Crippen LogP contribution in [-0.2, 0) is 0 Å². The fourth-order valence-corrected chi connectivity index (χ4v) is 2.01. The van der Waals surface area contributed by atoms with Gasteiger partial charge < -0.3 is 4.90 Å². The number of amides is 1. The number of carbonyl (C=O) groups excluding carboxylic acids is 1. The first-order valence-corrected chi connectivity index (χ1v) is 5.82. The second kappa shape index (κ2) is 3.88. The fourth-order valence-electron chi connectivity index (χ4n) is 1.51. The van der Waals surface area contributed by atoms with Crippen molar-refractivity contribution in [3.8, 4) is 0 Å². The van der Waals surface area contributed by atoms with Crippen LogP contribution in [0.4, 0.5) is 0 Å². The van der Waals surface area contributed by atoms with E-state index in [2.05, 4.69) is 22.6 Å². The second-order valence-electron chi connectivity index (χ2n) is 3.60. The summed E-state index contributed by atoms with van der Waals surface area (Å²) in [6, 6.07) is 6.01. The monoisotopic (exact) mass is 301 g/mol. The molecule has 1 fully saturated rings. The summed E-state index contributed by atoms with van der Waals surface area (Å²) in [4.78, 5) is 13.8. The molecule has 1 aliphatic rings. The van der Waals surface area contributed by atoms with Crippen LogP contribution in [0.2, 0.25) is 0 Å². The minimum atomic E-state index is 0.187. The minimum Gasteiger partial charge on any atom is -0.339 e. The third kappa shape index (κ3) is 1.78. The number of aryl methyl sites for hydroxylation is 1. The van der Waals surface area contributed by atoms with E-state index in [4.69, 9.17) is 0 Å². The molecule has 2 nitrogen and oxygen atoms in total. The maximum atomic E-state index is 11.9. The lowest BCUT2D eigenvalue weighted by molar-refractivity contribution is 0.0651. The molecule has 1 heterocycles. The number of hydrogen-bond acceptors (Lipinski definition) is 1. The van der Waals surface area contributed by atoms with E-state index >= 15 is 0 Å². The molecular formula is C11H12INO. The predicted octanol–water partition coefficient (Wildman–Crippen LogP) is 2.45. The second-order valence-corrected chi connectivity index (χ2v) is 4.85. The third-order valence-corrected chi connectivity index (χ3v) is 3.24. The zero-order chi connectivity index (χ0) is 10.1. The van der Waals surface area contributed by atoms with Crippen LogP contribution in [-0.4, -0.2) is 23.9 Å². The Morgan fingerprint density at radius 2 is 2.14 bits per heavy atom. The molecular weight excluding hydrogens is 289 g/mol. The molecule has 0 N–H and O–H groups in total. The highest BCUT2D eigenvalue weighted by atomic mass is 127. The molecule has 1 amide bonds. The third-order valence-electron chi connectivity index (χ3n) is 2.57. The molecule has 1 aromatic carbocycles. The van der Waals surface area contributed by atoms with Crippen LogP contribution in [0.15, 0.2) is 18.2 Å². The van der Waals surface area contributed by atoms with Crippen molar-refractivity contribution in [3.05, 3.63) is 32.9 Å². The molecule has 0 bridgehead atoms. The molecule has 3 heteroatoms. The lowest BCUT2D eigenvalue weighted by Crippen LogP contribution is -2.42. The number of nitrogens with zero attached hydrogens (tertiary/aromatic N) is 1. The maximum absolute atomic E-state index is 11.9. The van der Waals surface area contributed by atoms with Crippen LogP contribution in [0.1, 0.15) is 22.3 Å². The fraction of sp³-hybridized carbons (Fsp3) is 0.364. The molecule has 0 radical (unpaired) electrons. The van der Waals surface area contributed by atoms with E-state index < -0.39 is 0 Å². The zero-order valence-corrected chi connectivity index (χ0v) is 10.2. The molecule has 0 unspecified atom stereocenters. The summed E-state index contributed by atoms with van der Waals surface area (Å²) in [5.41, 5.74) is 1.93. The molecule has 14 heavy (non-hydrogen) atoms. The van der Waals surface area contributed by atoms with Crippen molar-refractivity contribution in [2.24, 2.45) is 0 Å². The van der Waals surface area contributed by atoms with Crippen molar-refractivity contribution in [3.63, 3.8) is 0 Å². The summed E-state index contributed by atoms with van der Waals surface area (Å²) in [5.74, 6) is 0.187. The average Bonchev–Trinajstić information content (AvgIpc) is 2.06. The first-order chi connectivity index (χ1) is 6.68. The van der Waals surface area contributed by atoms with Gasteiger partial charge in [-0.25, -0.2) is 0 Å². The van der Waals surface area contributed by atoms with E-state index in [-0.39, 0.29) is 5.91 Å². The first kappa shape index (κ1) is 9.96. The molecule has 2 rings (SSSR count).